The first-order valence-electron chi connectivity index (χ1n) is 8.48. The van der Waals surface area contributed by atoms with E-state index in [1.165, 1.54) is 0 Å². The highest BCUT2D eigenvalue weighted by molar-refractivity contribution is 8.01. The summed E-state index contributed by atoms with van der Waals surface area (Å²) in [7, 11) is 3.38. The molecule has 0 aliphatic carbocycles. The minimum Gasteiger partial charge on any atom is -0.368 e. The van der Waals surface area contributed by atoms with E-state index in [1.807, 2.05) is 24.4 Å². The fourth-order valence-electron chi connectivity index (χ4n) is 3.15. The predicted octanol–water partition coefficient (Wildman–Crippen LogP) is 3.03. The summed E-state index contributed by atoms with van der Waals surface area (Å²) in [5.41, 5.74) is 2.24. The third kappa shape index (κ3) is 3.78. The number of hydrogen-bond acceptors (Lipinski definition) is 7. The molecule has 2 aromatic rings. The second-order valence-corrected chi connectivity index (χ2v) is 9.53. The van der Waals surface area contributed by atoms with Gasteiger partial charge in [0.1, 0.15) is 5.37 Å². The molecule has 1 unspecified atom stereocenters. The Balaban J connectivity index is 1.56. The van der Waals surface area contributed by atoms with Gasteiger partial charge in [0, 0.05) is 31.4 Å². The number of halogens is 2. The predicted molar refractivity (Wildman–Crippen MR) is 111 cm³/mol. The number of tetrazole rings is 1. The smallest absolute Gasteiger partial charge is 0.259 e. The zero-order valence-electron chi connectivity index (χ0n) is 15.1. The summed E-state index contributed by atoms with van der Waals surface area (Å²) >= 11 is 15.5. The van der Waals surface area contributed by atoms with E-state index in [4.69, 9.17) is 27.9 Å². The molecule has 0 bridgehead atoms. The molecule has 2 aliphatic rings. The van der Waals surface area contributed by atoms with Crippen molar-refractivity contribution in [2.75, 3.05) is 12.9 Å². The number of aryl methyl sites for hydroxylation is 1. The number of carbonyl (C=O) groups excluding carboxylic acids is 1. The fraction of sp³-hybridized carbons (Fsp3) is 0.412. The molecular formula is C17H17Cl2N5O2S2. The Morgan fingerprint density at radius 3 is 2.82 bits per heavy atom. The summed E-state index contributed by atoms with van der Waals surface area (Å²) in [6, 6.07) is 5.69. The Kier molecular flexibility index (Phi) is 5.89. The quantitative estimate of drug-likeness (QED) is 0.487. The van der Waals surface area contributed by atoms with E-state index in [0.29, 0.717) is 15.8 Å². The van der Waals surface area contributed by atoms with Gasteiger partial charge in [-0.2, -0.15) is 0 Å². The van der Waals surface area contributed by atoms with Crippen LogP contribution in [0.2, 0.25) is 10.0 Å². The molecule has 28 heavy (non-hydrogen) atoms. The Labute approximate surface area is 180 Å². The number of benzene rings is 1. The molecule has 1 amide bonds. The number of rotatable bonds is 6. The van der Waals surface area contributed by atoms with Gasteiger partial charge in [0.15, 0.2) is 6.10 Å². The van der Waals surface area contributed by atoms with Crippen molar-refractivity contribution in [2.24, 2.45) is 7.05 Å². The highest BCUT2D eigenvalue weighted by Gasteiger charge is 2.51. The number of β-lactam (4-membered cyclic amide) rings is 1. The number of thioether (sulfide) groups is 2. The molecule has 11 heteroatoms. The van der Waals surface area contributed by atoms with Crippen molar-refractivity contribution in [3.8, 4) is 0 Å². The maximum Gasteiger partial charge on any atom is 0.259 e. The monoisotopic (exact) mass is 457 g/mol. The molecule has 148 valence electrons. The van der Waals surface area contributed by atoms with Crippen molar-refractivity contribution >= 4 is 52.6 Å². The van der Waals surface area contributed by atoms with Crippen LogP contribution in [0.5, 0.6) is 0 Å². The van der Waals surface area contributed by atoms with E-state index in [-0.39, 0.29) is 16.5 Å². The molecule has 0 saturated carbocycles. The van der Waals surface area contributed by atoms with Crippen LogP contribution in [-0.4, -0.2) is 60.6 Å². The number of fused-ring (bicyclic) bond motifs is 1. The van der Waals surface area contributed by atoms with E-state index >= 15 is 0 Å². The van der Waals surface area contributed by atoms with Gasteiger partial charge >= 0.3 is 0 Å². The summed E-state index contributed by atoms with van der Waals surface area (Å²) in [4.78, 5) is 14.0. The number of aromatic nitrogens is 4. The molecule has 2 aliphatic heterocycles. The molecule has 1 fully saturated rings. The van der Waals surface area contributed by atoms with Gasteiger partial charge in [-0.1, -0.05) is 41.0 Å². The van der Waals surface area contributed by atoms with Crippen LogP contribution in [0.1, 0.15) is 5.56 Å². The van der Waals surface area contributed by atoms with Crippen molar-refractivity contribution in [1.82, 2.24) is 25.1 Å². The van der Waals surface area contributed by atoms with Crippen LogP contribution in [0.4, 0.5) is 0 Å². The van der Waals surface area contributed by atoms with Crippen molar-refractivity contribution in [3.63, 3.8) is 0 Å². The Hall–Kier alpha value is -1.26. The third-order valence-electron chi connectivity index (χ3n) is 4.66. The van der Waals surface area contributed by atoms with Gasteiger partial charge in [0.25, 0.3) is 5.91 Å². The summed E-state index contributed by atoms with van der Waals surface area (Å²) in [6.45, 7) is 0. The lowest BCUT2D eigenvalue weighted by molar-refractivity contribution is -0.157. The largest absolute Gasteiger partial charge is 0.368 e. The molecule has 0 spiro atoms. The van der Waals surface area contributed by atoms with Gasteiger partial charge in [-0.3, -0.25) is 4.79 Å². The minimum atomic E-state index is -0.394. The Morgan fingerprint density at radius 2 is 2.14 bits per heavy atom. The molecule has 3 heterocycles. The summed E-state index contributed by atoms with van der Waals surface area (Å²) in [5, 5.41) is 13.5. The average Bonchev–Trinajstić information content (AvgIpc) is 3.09. The van der Waals surface area contributed by atoms with E-state index in [9.17, 15) is 4.79 Å². The second-order valence-electron chi connectivity index (χ2n) is 6.45. The molecule has 1 saturated heterocycles. The van der Waals surface area contributed by atoms with E-state index in [2.05, 4.69) is 15.5 Å². The summed E-state index contributed by atoms with van der Waals surface area (Å²) < 4.78 is 6.99. The van der Waals surface area contributed by atoms with Crippen LogP contribution in [0.25, 0.3) is 0 Å². The number of ether oxygens (including phenoxy) is 1. The van der Waals surface area contributed by atoms with Crippen LogP contribution in [0, 0.1) is 0 Å². The summed E-state index contributed by atoms with van der Waals surface area (Å²) in [6.07, 6.45) is 2.34. The van der Waals surface area contributed by atoms with Gasteiger partial charge < -0.3 is 9.64 Å². The second kappa shape index (κ2) is 8.23. The first kappa shape index (κ1) is 20.0. The van der Waals surface area contributed by atoms with E-state index in [0.717, 1.165) is 22.7 Å². The molecule has 1 aromatic heterocycles. The molecular weight excluding hydrogens is 441 g/mol. The number of carbonyl (C=O) groups is 1. The van der Waals surface area contributed by atoms with Crippen LogP contribution < -0.4 is 0 Å². The highest BCUT2D eigenvalue weighted by Crippen LogP contribution is 2.44. The lowest BCUT2D eigenvalue weighted by atomic mass is 10.0. The average molecular weight is 458 g/mol. The molecule has 4 rings (SSSR count). The maximum atomic E-state index is 12.3. The van der Waals surface area contributed by atoms with Gasteiger partial charge in [0.2, 0.25) is 5.16 Å². The standard InChI is InChI=1S/C17H17Cl2N5O2S2/c1-23-17(20-21-22-23)27-8-10-7-24-15(25)14(26-2)16(24)28-13(10)6-9-3-4-11(18)12(19)5-9/h3-5,7,13-14,16H,6,8H2,1-2H3/t13?,14-,16+/m0/s1. The van der Waals surface area contributed by atoms with Crippen molar-refractivity contribution in [3.05, 3.63) is 45.6 Å². The summed E-state index contributed by atoms with van der Waals surface area (Å²) in [5.74, 6) is 0.678. The van der Waals surface area contributed by atoms with E-state index < -0.39 is 6.10 Å². The first-order chi connectivity index (χ1) is 13.5. The molecule has 0 radical (unpaired) electrons. The number of amides is 1. The maximum absolute atomic E-state index is 12.3. The third-order valence-corrected chi connectivity index (χ3v) is 8.03. The molecule has 3 atom stereocenters. The highest BCUT2D eigenvalue weighted by atomic mass is 35.5. The minimum absolute atomic E-state index is 0.00388. The van der Waals surface area contributed by atoms with Gasteiger partial charge in [0.05, 0.1) is 10.0 Å². The molecule has 0 N–H and O–H groups in total. The van der Waals surface area contributed by atoms with Crippen molar-refractivity contribution in [1.29, 1.82) is 0 Å². The normalized spacial score (nSPS) is 24.0. The van der Waals surface area contributed by atoms with E-state index in [1.54, 1.807) is 47.3 Å². The zero-order valence-corrected chi connectivity index (χ0v) is 18.2. The van der Waals surface area contributed by atoms with Crippen LogP contribution in [0.15, 0.2) is 35.1 Å². The van der Waals surface area contributed by atoms with Gasteiger partial charge in [-0.25, -0.2) is 4.68 Å². The topological polar surface area (TPSA) is 73.1 Å². The lowest BCUT2D eigenvalue weighted by Gasteiger charge is -2.48. The number of methoxy groups -OCH3 is 1. The molecule has 1 aromatic carbocycles. The van der Waals surface area contributed by atoms with Crippen molar-refractivity contribution in [2.45, 2.75) is 28.3 Å². The lowest BCUT2D eigenvalue weighted by Crippen LogP contribution is -2.63. The van der Waals surface area contributed by atoms with Gasteiger partial charge in [-0.05, 0) is 40.1 Å². The van der Waals surface area contributed by atoms with Gasteiger partial charge in [-0.15, -0.1) is 16.9 Å². The number of nitrogens with zero attached hydrogens (tertiary/aromatic N) is 5. The number of hydrogen-bond donors (Lipinski definition) is 0. The SMILES string of the molecule is CO[C@H]1C(=O)N2C=C(CSc3nnnn3C)C(Cc3ccc(Cl)c(Cl)c3)S[C@H]12. The Bertz CT molecular complexity index is 938. The Morgan fingerprint density at radius 1 is 1.32 bits per heavy atom. The first-order valence-corrected chi connectivity index (χ1v) is 11.2. The zero-order chi connectivity index (χ0) is 19.8. The van der Waals surface area contributed by atoms with Crippen molar-refractivity contribution < 1.29 is 9.53 Å². The van der Waals surface area contributed by atoms with Crippen LogP contribution >= 0.6 is 46.7 Å². The molecule has 7 nitrogen and oxygen atoms in total. The fourth-order valence-corrected chi connectivity index (χ4v) is 6.07. The van der Waals surface area contributed by atoms with Crippen LogP contribution in [0.3, 0.4) is 0 Å². The van der Waals surface area contributed by atoms with Crippen LogP contribution in [-0.2, 0) is 23.0 Å².